The predicted octanol–water partition coefficient (Wildman–Crippen LogP) is 7.20. The van der Waals surface area contributed by atoms with Gasteiger partial charge in [-0.2, -0.15) is 8.78 Å². The van der Waals surface area contributed by atoms with Crippen molar-refractivity contribution in [3.8, 4) is 11.5 Å². The van der Waals surface area contributed by atoms with Crippen LogP contribution in [0.5, 0.6) is 11.5 Å². The van der Waals surface area contributed by atoms with Crippen molar-refractivity contribution in [2.45, 2.75) is 78.1 Å². The lowest BCUT2D eigenvalue weighted by Crippen LogP contribution is -2.30. The van der Waals surface area contributed by atoms with Crippen LogP contribution in [0.15, 0.2) is 24.5 Å². The number of allylic oxidation sites excluding steroid dienone is 1. The fourth-order valence-corrected chi connectivity index (χ4v) is 5.20. The second-order valence-electron chi connectivity index (χ2n) is 8.88. The molecule has 0 bridgehead atoms. The molecule has 5 heteroatoms. The summed E-state index contributed by atoms with van der Waals surface area (Å²) < 4.78 is 38.6. The molecule has 0 aliphatic heterocycles. The molecule has 0 saturated heterocycles. The average Bonchev–Trinajstić information content (AvgIpc) is 2.77. The molecule has 0 atom stereocenters. The highest BCUT2D eigenvalue weighted by Gasteiger charge is 2.34. The van der Waals surface area contributed by atoms with Gasteiger partial charge in [-0.1, -0.05) is 38.7 Å². The molecule has 2 fully saturated rings. The molecule has 0 spiro atoms. The Labute approximate surface area is 178 Å². The highest BCUT2D eigenvalue weighted by Crippen LogP contribution is 2.42. The van der Waals surface area contributed by atoms with Crippen molar-refractivity contribution in [1.29, 1.82) is 0 Å². The summed E-state index contributed by atoms with van der Waals surface area (Å²) in [6.07, 6.45) is 14.4. The van der Waals surface area contributed by atoms with E-state index in [0.29, 0.717) is 5.92 Å². The third-order valence-corrected chi connectivity index (χ3v) is 6.91. The van der Waals surface area contributed by atoms with Crippen molar-refractivity contribution in [3.63, 3.8) is 0 Å². The summed E-state index contributed by atoms with van der Waals surface area (Å²) in [6, 6.07) is 2.52. The minimum Gasteiger partial charge on any atom is -0.462 e. The van der Waals surface area contributed by atoms with E-state index in [4.69, 9.17) is 9.47 Å². The van der Waals surface area contributed by atoms with Gasteiger partial charge in [-0.25, -0.2) is 0 Å². The SMILES string of the molecule is CC=COc1ccc(OC(=O)C2CCC(C3CCC(CCC)CC3)CC2)c(F)c1F. The van der Waals surface area contributed by atoms with Crippen LogP contribution in [0.25, 0.3) is 0 Å². The van der Waals surface area contributed by atoms with Gasteiger partial charge >= 0.3 is 5.97 Å². The first-order valence-electron chi connectivity index (χ1n) is 11.5. The smallest absolute Gasteiger partial charge is 0.314 e. The van der Waals surface area contributed by atoms with E-state index in [1.807, 2.05) is 0 Å². The molecule has 0 heterocycles. The number of ether oxygens (including phenoxy) is 2. The Hall–Kier alpha value is -1.91. The minimum atomic E-state index is -1.19. The maximum Gasteiger partial charge on any atom is 0.314 e. The molecule has 0 radical (unpaired) electrons. The third-order valence-electron chi connectivity index (χ3n) is 6.91. The van der Waals surface area contributed by atoms with Gasteiger partial charge in [-0.15, -0.1) is 0 Å². The van der Waals surface area contributed by atoms with Crippen molar-refractivity contribution in [2.24, 2.45) is 23.7 Å². The standard InChI is InChI=1S/C25H34F2O3/c1-3-5-17-6-8-18(9-7-17)19-10-12-20(13-11-19)25(28)30-22-15-14-21(29-16-4-2)23(26)24(22)27/h4,14-20H,3,5-13H2,1-2H3. The van der Waals surface area contributed by atoms with Gasteiger partial charge in [0.15, 0.2) is 11.5 Å². The van der Waals surface area contributed by atoms with Crippen LogP contribution in [-0.2, 0) is 4.79 Å². The monoisotopic (exact) mass is 420 g/mol. The Morgan fingerprint density at radius 3 is 2.13 bits per heavy atom. The number of benzene rings is 1. The number of carbonyl (C=O) groups is 1. The summed E-state index contributed by atoms with van der Waals surface area (Å²) in [6.45, 7) is 3.97. The molecular formula is C25H34F2O3. The number of esters is 1. The molecule has 3 nitrogen and oxygen atoms in total. The van der Waals surface area contributed by atoms with E-state index >= 15 is 0 Å². The van der Waals surface area contributed by atoms with E-state index in [-0.39, 0.29) is 17.4 Å². The van der Waals surface area contributed by atoms with Crippen LogP contribution in [0.2, 0.25) is 0 Å². The molecule has 1 aromatic rings. The van der Waals surface area contributed by atoms with E-state index in [1.54, 1.807) is 13.0 Å². The predicted molar refractivity (Wildman–Crippen MR) is 113 cm³/mol. The number of hydrogen-bond donors (Lipinski definition) is 0. The van der Waals surface area contributed by atoms with Crippen LogP contribution in [0, 0.1) is 35.3 Å². The molecule has 30 heavy (non-hydrogen) atoms. The minimum absolute atomic E-state index is 0.237. The van der Waals surface area contributed by atoms with Gasteiger partial charge in [0.25, 0.3) is 0 Å². The average molecular weight is 421 g/mol. The molecule has 2 aliphatic carbocycles. The van der Waals surface area contributed by atoms with Gasteiger partial charge in [0.2, 0.25) is 11.6 Å². The molecular weight excluding hydrogens is 386 g/mol. The van der Waals surface area contributed by atoms with Crippen molar-refractivity contribution in [2.75, 3.05) is 0 Å². The summed E-state index contributed by atoms with van der Waals surface area (Å²) >= 11 is 0. The van der Waals surface area contributed by atoms with Gasteiger partial charge in [0.1, 0.15) is 0 Å². The number of rotatable bonds is 7. The number of hydrogen-bond acceptors (Lipinski definition) is 3. The van der Waals surface area contributed by atoms with E-state index in [2.05, 4.69) is 6.92 Å². The molecule has 166 valence electrons. The van der Waals surface area contributed by atoms with E-state index in [9.17, 15) is 13.6 Å². The van der Waals surface area contributed by atoms with Gasteiger partial charge in [-0.3, -0.25) is 4.79 Å². The largest absolute Gasteiger partial charge is 0.462 e. The quantitative estimate of drug-likeness (QED) is 0.266. The van der Waals surface area contributed by atoms with Gasteiger partial charge < -0.3 is 9.47 Å². The van der Waals surface area contributed by atoms with E-state index < -0.39 is 17.6 Å². The molecule has 0 aromatic heterocycles. The lowest BCUT2D eigenvalue weighted by Gasteiger charge is -2.37. The fourth-order valence-electron chi connectivity index (χ4n) is 5.20. The Balaban J connectivity index is 1.49. The third kappa shape index (κ3) is 5.61. The zero-order valence-corrected chi connectivity index (χ0v) is 18.2. The molecule has 2 saturated carbocycles. The van der Waals surface area contributed by atoms with Crippen molar-refractivity contribution in [1.82, 2.24) is 0 Å². The lowest BCUT2D eigenvalue weighted by molar-refractivity contribution is -0.140. The first-order chi connectivity index (χ1) is 14.5. The molecule has 1 aromatic carbocycles. The van der Waals surface area contributed by atoms with Crippen molar-refractivity contribution >= 4 is 5.97 Å². The molecule has 3 rings (SSSR count). The van der Waals surface area contributed by atoms with Gasteiger partial charge in [0, 0.05) is 0 Å². The Kier molecular flexibility index (Phi) is 8.29. The summed E-state index contributed by atoms with van der Waals surface area (Å²) in [7, 11) is 0. The second kappa shape index (κ2) is 10.9. The van der Waals surface area contributed by atoms with Crippen molar-refractivity contribution < 1.29 is 23.0 Å². The van der Waals surface area contributed by atoms with Crippen LogP contribution >= 0.6 is 0 Å². The highest BCUT2D eigenvalue weighted by molar-refractivity contribution is 5.75. The summed E-state index contributed by atoms with van der Waals surface area (Å²) in [5.74, 6) is -1.27. The molecule has 0 unspecified atom stereocenters. The maximum atomic E-state index is 14.3. The van der Waals surface area contributed by atoms with Gasteiger partial charge in [0.05, 0.1) is 12.2 Å². The summed E-state index contributed by atoms with van der Waals surface area (Å²) in [5.41, 5.74) is 0. The van der Waals surface area contributed by atoms with Crippen LogP contribution in [0.3, 0.4) is 0 Å². The Morgan fingerprint density at radius 1 is 0.967 bits per heavy atom. The fraction of sp³-hybridized carbons (Fsp3) is 0.640. The highest BCUT2D eigenvalue weighted by atomic mass is 19.2. The first-order valence-corrected chi connectivity index (χ1v) is 11.5. The topological polar surface area (TPSA) is 35.5 Å². The molecule has 2 aliphatic rings. The van der Waals surface area contributed by atoms with Gasteiger partial charge in [-0.05, 0) is 75.3 Å². The van der Waals surface area contributed by atoms with Crippen LogP contribution in [0.4, 0.5) is 8.78 Å². The number of carbonyl (C=O) groups excluding carboxylic acids is 1. The first kappa shape index (κ1) is 22.8. The normalized spacial score (nSPS) is 27.2. The van der Waals surface area contributed by atoms with E-state index in [1.165, 1.54) is 56.9 Å². The van der Waals surface area contributed by atoms with E-state index in [0.717, 1.165) is 37.5 Å². The maximum absolute atomic E-state index is 14.3. The molecule has 0 N–H and O–H groups in total. The number of halogens is 2. The zero-order valence-electron chi connectivity index (χ0n) is 18.2. The summed E-state index contributed by atoms with van der Waals surface area (Å²) in [4.78, 5) is 12.5. The van der Waals surface area contributed by atoms with Crippen LogP contribution in [0.1, 0.15) is 78.1 Å². The Bertz CT molecular complexity index is 730. The second-order valence-corrected chi connectivity index (χ2v) is 8.88. The summed E-state index contributed by atoms with van der Waals surface area (Å²) in [5, 5.41) is 0. The van der Waals surface area contributed by atoms with Crippen LogP contribution < -0.4 is 9.47 Å². The Morgan fingerprint density at radius 2 is 1.53 bits per heavy atom. The van der Waals surface area contributed by atoms with Crippen molar-refractivity contribution in [3.05, 3.63) is 36.1 Å². The lowest BCUT2D eigenvalue weighted by atomic mass is 9.69. The zero-order chi connectivity index (χ0) is 21.5. The molecule has 0 amide bonds. The van der Waals surface area contributed by atoms with Crippen LogP contribution in [-0.4, -0.2) is 5.97 Å².